The van der Waals surface area contributed by atoms with Crippen LogP contribution in [0.4, 0.5) is 5.82 Å². The van der Waals surface area contributed by atoms with Crippen LogP contribution in [-0.4, -0.2) is 20.0 Å². The van der Waals surface area contributed by atoms with Crippen LogP contribution >= 0.6 is 0 Å². The van der Waals surface area contributed by atoms with Crippen LogP contribution in [-0.2, 0) is 6.54 Å². The fourth-order valence-electron chi connectivity index (χ4n) is 2.50. The lowest BCUT2D eigenvalue weighted by Crippen LogP contribution is -2.09. The van der Waals surface area contributed by atoms with Crippen molar-refractivity contribution in [1.29, 1.82) is 0 Å². The van der Waals surface area contributed by atoms with E-state index in [2.05, 4.69) is 47.3 Å². The molecule has 2 N–H and O–H groups in total. The number of nitrogens with zero attached hydrogens (tertiary/aromatic N) is 4. The number of para-hydroxylation sites is 1. The molecule has 0 spiro atoms. The van der Waals surface area contributed by atoms with Crippen LogP contribution in [0.1, 0.15) is 31.0 Å². The SMILES string of the molecule is CC(C)c1c(N)nnn1Cc1cccc2cccnc12. The van der Waals surface area contributed by atoms with Crippen molar-refractivity contribution in [3.63, 3.8) is 0 Å². The molecular weight excluding hydrogens is 250 g/mol. The minimum atomic E-state index is 0.285. The largest absolute Gasteiger partial charge is 0.381 e. The quantitative estimate of drug-likeness (QED) is 0.791. The molecule has 3 aromatic rings. The Morgan fingerprint density at radius 1 is 1.20 bits per heavy atom. The van der Waals surface area contributed by atoms with E-state index in [0.29, 0.717) is 12.4 Å². The highest BCUT2D eigenvalue weighted by atomic mass is 15.4. The number of hydrogen-bond acceptors (Lipinski definition) is 4. The second-order valence-electron chi connectivity index (χ2n) is 5.16. The lowest BCUT2D eigenvalue weighted by atomic mass is 10.1. The molecule has 1 aromatic carbocycles. The molecule has 5 heteroatoms. The Hall–Kier alpha value is -2.43. The molecule has 0 amide bonds. The summed E-state index contributed by atoms with van der Waals surface area (Å²) in [5, 5.41) is 9.27. The predicted octanol–water partition coefficient (Wildman–Crippen LogP) is 2.58. The zero-order valence-corrected chi connectivity index (χ0v) is 11.6. The summed E-state index contributed by atoms with van der Waals surface area (Å²) in [4.78, 5) is 4.47. The molecule has 0 saturated heterocycles. The van der Waals surface area contributed by atoms with E-state index < -0.39 is 0 Å². The van der Waals surface area contributed by atoms with E-state index in [-0.39, 0.29) is 5.92 Å². The molecule has 0 bridgehead atoms. The van der Waals surface area contributed by atoms with Gasteiger partial charge in [0.05, 0.1) is 17.8 Å². The highest BCUT2D eigenvalue weighted by Gasteiger charge is 2.14. The number of anilines is 1. The fourth-order valence-corrected chi connectivity index (χ4v) is 2.50. The molecular formula is C15H17N5. The van der Waals surface area contributed by atoms with Crippen molar-refractivity contribution in [2.45, 2.75) is 26.3 Å². The highest BCUT2D eigenvalue weighted by molar-refractivity contribution is 5.81. The highest BCUT2D eigenvalue weighted by Crippen LogP contribution is 2.22. The molecule has 0 aliphatic carbocycles. The van der Waals surface area contributed by atoms with E-state index in [1.54, 1.807) is 0 Å². The molecule has 0 fully saturated rings. The van der Waals surface area contributed by atoms with E-state index in [1.807, 2.05) is 23.0 Å². The van der Waals surface area contributed by atoms with E-state index >= 15 is 0 Å². The molecule has 2 heterocycles. The molecule has 0 aliphatic heterocycles. The number of nitrogen functional groups attached to an aromatic ring is 1. The van der Waals surface area contributed by atoms with Crippen LogP contribution in [0.15, 0.2) is 36.5 Å². The van der Waals surface area contributed by atoms with E-state index in [1.165, 1.54) is 0 Å². The van der Waals surface area contributed by atoms with Gasteiger partial charge in [0.25, 0.3) is 0 Å². The van der Waals surface area contributed by atoms with Crippen molar-refractivity contribution in [2.75, 3.05) is 5.73 Å². The predicted molar refractivity (Wildman–Crippen MR) is 79.4 cm³/mol. The van der Waals surface area contributed by atoms with Crippen LogP contribution in [0.2, 0.25) is 0 Å². The molecule has 5 nitrogen and oxygen atoms in total. The van der Waals surface area contributed by atoms with Gasteiger partial charge in [-0.1, -0.05) is 43.3 Å². The summed E-state index contributed by atoms with van der Waals surface area (Å²) in [5.41, 5.74) is 8.99. The summed E-state index contributed by atoms with van der Waals surface area (Å²) < 4.78 is 1.86. The number of aromatic nitrogens is 4. The second kappa shape index (κ2) is 4.92. The van der Waals surface area contributed by atoms with Gasteiger partial charge in [-0.3, -0.25) is 4.98 Å². The monoisotopic (exact) mass is 267 g/mol. The Balaban J connectivity index is 2.06. The van der Waals surface area contributed by atoms with Gasteiger partial charge < -0.3 is 5.73 Å². The summed E-state index contributed by atoms with van der Waals surface area (Å²) in [6.45, 7) is 4.81. The second-order valence-corrected chi connectivity index (χ2v) is 5.16. The van der Waals surface area contributed by atoms with Crippen LogP contribution in [0.3, 0.4) is 0 Å². The maximum atomic E-state index is 5.90. The standard InChI is InChI=1S/C15H17N5/c1-10(2)14-15(16)18-19-20(14)9-12-6-3-5-11-7-4-8-17-13(11)12/h3-8,10H,9,16H2,1-2H3. The Bertz CT molecular complexity index is 740. The summed E-state index contributed by atoms with van der Waals surface area (Å²) in [5.74, 6) is 0.793. The summed E-state index contributed by atoms with van der Waals surface area (Å²) in [6.07, 6.45) is 1.81. The maximum absolute atomic E-state index is 5.90. The van der Waals surface area contributed by atoms with Crippen LogP contribution in [0.5, 0.6) is 0 Å². The molecule has 102 valence electrons. The zero-order chi connectivity index (χ0) is 14.1. The average molecular weight is 267 g/mol. The van der Waals surface area contributed by atoms with Gasteiger partial charge in [-0.25, -0.2) is 4.68 Å². The van der Waals surface area contributed by atoms with E-state index in [9.17, 15) is 0 Å². The van der Waals surface area contributed by atoms with Crippen molar-refractivity contribution in [1.82, 2.24) is 20.0 Å². The third-order valence-corrected chi connectivity index (χ3v) is 3.38. The number of fused-ring (bicyclic) bond motifs is 1. The first kappa shape index (κ1) is 12.6. The normalized spacial score (nSPS) is 11.3. The maximum Gasteiger partial charge on any atom is 0.169 e. The molecule has 0 atom stereocenters. The van der Waals surface area contributed by atoms with Gasteiger partial charge in [0.2, 0.25) is 0 Å². The van der Waals surface area contributed by atoms with Gasteiger partial charge in [0.1, 0.15) is 0 Å². The summed E-state index contributed by atoms with van der Waals surface area (Å²) in [6, 6.07) is 10.2. The van der Waals surface area contributed by atoms with Gasteiger partial charge in [-0.15, -0.1) is 5.10 Å². The number of pyridine rings is 1. The average Bonchev–Trinajstić information content (AvgIpc) is 2.80. The molecule has 2 aromatic heterocycles. The molecule has 0 unspecified atom stereocenters. The van der Waals surface area contributed by atoms with Crippen molar-refractivity contribution in [3.05, 3.63) is 47.8 Å². The lowest BCUT2D eigenvalue weighted by Gasteiger charge is -2.11. The van der Waals surface area contributed by atoms with Gasteiger partial charge in [-0.05, 0) is 17.5 Å². The zero-order valence-electron chi connectivity index (χ0n) is 11.6. The Morgan fingerprint density at radius 3 is 2.80 bits per heavy atom. The smallest absolute Gasteiger partial charge is 0.169 e. The third-order valence-electron chi connectivity index (χ3n) is 3.38. The Morgan fingerprint density at radius 2 is 2.00 bits per heavy atom. The van der Waals surface area contributed by atoms with E-state index in [4.69, 9.17) is 5.73 Å². The Labute approximate surface area is 117 Å². The number of hydrogen-bond donors (Lipinski definition) is 1. The van der Waals surface area contributed by atoms with Crippen molar-refractivity contribution in [3.8, 4) is 0 Å². The van der Waals surface area contributed by atoms with Crippen molar-refractivity contribution >= 4 is 16.7 Å². The molecule has 20 heavy (non-hydrogen) atoms. The van der Waals surface area contributed by atoms with Gasteiger partial charge >= 0.3 is 0 Å². The van der Waals surface area contributed by atoms with Gasteiger partial charge in [0.15, 0.2) is 5.82 Å². The topological polar surface area (TPSA) is 69.6 Å². The van der Waals surface area contributed by atoms with Crippen LogP contribution < -0.4 is 5.73 Å². The Kier molecular flexibility index (Phi) is 3.10. The summed E-state index contributed by atoms with van der Waals surface area (Å²) >= 11 is 0. The van der Waals surface area contributed by atoms with Crippen LogP contribution in [0.25, 0.3) is 10.9 Å². The lowest BCUT2D eigenvalue weighted by molar-refractivity contribution is 0.599. The number of benzene rings is 1. The fraction of sp³-hybridized carbons (Fsp3) is 0.267. The minimum Gasteiger partial charge on any atom is -0.381 e. The molecule has 0 aliphatic rings. The van der Waals surface area contributed by atoms with Gasteiger partial charge in [0, 0.05) is 11.6 Å². The molecule has 0 radical (unpaired) electrons. The third kappa shape index (κ3) is 2.11. The molecule has 0 saturated carbocycles. The van der Waals surface area contributed by atoms with Crippen molar-refractivity contribution in [2.24, 2.45) is 0 Å². The van der Waals surface area contributed by atoms with Gasteiger partial charge in [-0.2, -0.15) is 0 Å². The first-order valence-electron chi connectivity index (χ1n) is 6.68. The first-order chi connectivity index (χ1) is 9.66. The van der Waals surface area contributed by atoms with Crippen molar-refractivity contribution < 1.29 is 0 Å². The molecule has 3 rings (SSSR count). The van der Waals surface area contributed by atoms with Crippen LogP contribution in [0, 0.1) is 0 Å². The number of rotatable bonds is 3. The minimum absolute atomic E-state index is 0.285. The number of nitrogens with two attached hydrogens (primary N) is 1. The van der Waals surface area contributed by atoms with E-state index in [0.717, 1.165) is 22.2 Å². The summed E-state index contributed by atoms with van der Waals surface area (Å²) in [7, 11) is 0. The first-order valence-corrected chi connectivity index (χ1v) is 6.68.